The van der Waals surface area contributed by atoms with E-state index in [1.807, 2.05) is 4.90 Å². The highest BCUT2D eigenvalue weighted by molar-refractivity contribution is 6.23. The Balaban J connectivity index is 1.74. The fourth-order valence-corrected chi connectivity index (χ4v) is 3.93. The zero-order valence-corrected chi connectivity index (χ0v) is 17.6. The van der Waals surface area contributed by atoms with Crippen LogP contribution in [-0.4, -0.2) is 65.1 Å². The molecule has 1 fully saturated rings. The van der Waals surface area contributed by atoms with Crippen molar-refractivity contribution in [1.82, 2.24) is 14.8 Å². The number of fused-ring (bicyclic) bond motifs is 1. The second-order valence-corrected chi connectivity index (χ2v) is 7.38. The summed E-state index contributed by atoms with van der Waals surface area (Å²) in [6.07, 6.45) is -0.410. The summed E-state index contributed by atoms with van der Waals surface area (Å²) < 4.78 is 5.86. The van der Waals surface area contributed by atoms with E-state index < -0.39 is 34.1 Å². The molecule has 2 aromatic rings. The Kier molecular flexibility index (Phi) is 5.45. The predicted molar refractivity (Wildman–Crippen MR) is 116 cm³/mol. The highest BCUT2D eigenvalue weighted by Crippen LogP contribution is 2.31. The van der Waals surface area contributed by atoms with Crippen molar-refractivity contribution < 1.29 is 24.0 Å². The minimum Gasteiger partial charge on any atom is -0.450 e. The largest absolute Gasteiger partial charge is 0.450 e. The average molecular weight is 456 g/mol. The van der Waals surface area contributed by atoms with Gasteiger partial charge in [0.25, 0.3) is 23.1 Å². The quantitative estimate of drug-likeness (QED) is 0.377. The summed E-state index contributed by atoms with van der Waals surface area (Å²) in [4.78, 5) is 63.2. The highest BCUT2D eigenvalue weighted by Gasteiger charge is 2.33. The maximum absolute atomic E-state index is 12.8. The van der Waals surface area contributed by atoms with Gasteiger partial charge < -0.3 is 20.3 Å². The molecule has 2 aliphatic heterocycles. The number of anilines is 2. The van der Waals surface area contributed by atoms with Crippen LogP contribution in [0.2, 0.25) is 0 Å². The fraction of sp³-hybridized carbons (Fsp3) is 0.300. The number of carbonyl (C=O) groups excluding carboxylic acids is 3. The van der Waals surface area contributed by atoms with Crippen LogP contribution < -0.4 is 21.5 Å². The molecule has 0 unspecified atom stereocenters. The molecule has 3 heterocycles. The van der Waals surface area contributed by atoms with Crippen molar-refractivity contribution in [3.8, 4) is 5.69 Å². The summed E-state index contributed by atoms with van der Waals surface area (Å²) in [5.41, 5.74) is 4.91. The van der Waals surface area contributed by atoms with Gasteiger partial charge in [-0.2, -0.15) is 0 Å². The molecule has 1 aromatic heterocycles. The lowest BCUT2D eigenvalue weighted by Crippen LogP contribution is -2.49. The highest BCUT2D eigenvalue weighted by atomic mass is 16.6. The molecule has 0 atom stereocenters. The number of benzene rings is 1. The number of carbonyl (C=O) groups is 3. The van der Waals surface area contributed by atoms with Crippen LogP contribution in [0.3, 0.4) is 0 Å². The molecule has 3 amide bonds. The van der Waals surface area contributed by atoms with Gasteiger partial charge in [0.05, 0.1) is 22.7 Å². The van der Waals surface area contributed by atoms with E-state index in [1.165, 1.54) is 18.2 Å². The zero-order valence-electron chi connectivity index (χ0n) is 17.6. The van der Waals surface area contributed by atoms with Crippen molar-refractivity contribution in [2.24, 2.45) is 0 Å². The lowest BCUT2D eigenvalue weighted by atomic mass is 10.1. The number of nitro benzene ring substituents is 1. The predicted octanol–water partition coefficient (Wildman–Crippen LogP) is 0.490. The number of ether oxygens (including phenoxy) is 1. The van der Waals surface area contributed by atoms with Crippen molar-refractivity contribution in [1.29, 1.82) is 0 Å². The number of nitrogens with two attached hydrogens (primary N) is 1. The second kappa shape index (κ2) is 8.26. The number of amides is 3. The number of nitrogens with zero attached hydrogens (tertiary/aromatic N) is 4. The molecule has 0 spiro atoms. The van der Waals surface area contributed by atoms with Gasteiger partial charge in [0, 0.05) is 44.0 Å². The maximum atomic E-state index is 12.8. The van der Waals surface area contributed by atoms with E-state index in [-0.39, 0.29) is 29.2 Å². The van der Waals surface area contributed by atoms with Crippen molar-refractivity contribution in [3.05, 3.63) is 55.9 Å². The summed E-state index contributed by atoms with van der Waals surface area (Å²) in [5.74, 6) is -1.91. The van der Waals surface area contributed by atoms with Crippen LogP contribution in [0.25, 0.3) is 5.69 Å². The number of imide groups is 1. The molecule has 13 heteroatoms. The molecule has 2 aliphatic rings. The molecule has 1 saturated heterocycles. The topological polar surface area (TPSA) is 170 Å². The molecule has 172 valence electrons. The Hall–Kier alpha value is -4.42. The first-order valence-corrected chi connectivity index (χ1v) is 10.1. The summed E-state index contributed by atoms with van der Waals surface area (Å²) >= 11 is 0. The van der Waals surface area contributed by atoms with E-state index >= 15 is 0 Å². The van der Waals surface area contributed by atoms with E-state index in [4.69, 9.17) is 10.5 Å². The van der Waals surface area contributed by atoms with Gasteiger partial charge in [-0.3, -0.25) is 34.4 Å². The second-order valence-electron chi connectivity index (χ2n) is 7.38. The SMILES string of the molecule is CCOC(=O)N1CCN(c2ccc([N+](=O)[O-])c(-n3c(N)c4c(cc3=O)C(=O)NC4=O)c2)CC1. The smallest absolute Gasteiger partial charge is 0.409 e. The van der Waals surface area contributed by atoms with Crippen LogP contribution in [0, 0.1) is 10.1 Å². The van der Waals surface area contributed by atoms with E-state index in [2.05, 4.69) is 5.32 Å². The Bertz CT molecular complexity index is 1250. The number of piperazine rings is 1. The number of rotatable bonds is 4. The minimum atomic E-state index is -0.788. The molecule has 3 N–H and O–H groups in total. The third-order valence-electron chi connectivity index (χ3n) is 5.52. The van der Waals surface area contributed by atoms with Crippen LogP contribution in [0.4, 0.5) is 22.0 Å². The van der Waals surface area contributed by atoms with Crippen molar-refractivity contribution in [2.45, 2.75) is 6.92 Å². The Labute approximate surface area is 186 Å². The summed E-state index contributed by atoms with van der Waals surface area (Å²) in [5, 5.41) is 13.7. The number of hydrogen-bond acceptors (Lipinski definition) is 9. The van der Waals surface area contributed by atoms with Crippen molar-refractivity contribution >= 4 is 35.1 Å². The van der Waals surface area contributed by atoms with Gasteiger partial charge in [0.1, 0.15) is 11.5 Å². The summed E-state index contributed by atoms with van der Waals surface area (Å²) in [6.45, 7) is 3.62. The minimum absolute atomic E-state index is 0.136. The standard InChI is InChI=1S/C20H20N6O7/c1-2-33-20(30)24-7-5-23(6-8-24)11-3-4-13(26(31)32)14(9-11)25-15(27)10-12-16(17(25)21)19(29)22-18(12)28/h3-4,9-10H,2,5-8,21H2,1H3,(H,22,28,29). The van der Waals surface area contributed by atoms with Gasteiger partial charge in [-0.05, 0) is 19.1 Å². The lowest BCUT2D eigenvalue weighted by Gasteiger charge is -2.35. The van der Waals surface area contributed by atoms with E-state index in [9.17, 15) is 29.3 Å². The number of pyridine rings is 1. The molecular formula is C20H20N6O7. The lowest BCUT2D eigenvalue weighted by molar-refractivity contribution is -0.384. The Morgan fingerprint density at radius 2 is 1.85 bits per heavy atom. The van der Waals surface area contributed by atoms with Crippen molar-refractivity contribution in [2.75, 3.05) is 43.4 Å². The van der Waals surface area contributed by atoms with Gasteiger partial charge in [0.2, 0.25) is 0 Å². The molecule has 0 bridgehead atoms. The first-order chi connectivity index (χ1) is 15.7. The van der Waals surface area contributed by atoms with Gasteiger partial charge in [-0.15, -0.1) is 0 Å². The van der Waals surface area contributed by atoms with E-state index in [0.717, 1.165) is 10.6 Å². The monoisotopic (exact) mass is 456 g/mol. The van der Waals surface area contributed by atoms with Gasteiger partial charge in [-0.1, -0.05) is 0 Å². The number of nitro groups is 1. The molecule has 1 aromatic carbocycles. The van der Waals surface area contributed by atoms with Crippen LogP contribution in [0.5, 0.6) is 0 Å². The first-order valence-electron chi connectivity index (χ1n) is 10.1. The third kappa shape index (κ3) is 3.73. The van der Waals surface area contributed by atoms with E-state index in [1.54, 1.807) is 11.8 Å². The number of aromatic nitrogens is 1. The normalized spacial score (nSPS) is 15.3. The van der Waals surface area contributed by atoms with Gasteiger partial charge in [-0.25, -0.2) is 4.79 Å². The van der Waals surface area contributed by atoms with Gasteiger partial charge in [0.15, 0.2) is 0 Å². The number of nitrogen functional groups attached to an aromatic ring is 1. The van der Waals surface area contributed by atoms with Crippen LogP contribution in [0.1, 0.15) is 27.6 Å². The molecular weight excluding hydrogens is 436 g/mol. The average Bonchev–Trinajstić information content (AvgIpc) is 3.07. The number of hydrogen-bond donors (Lipinski definition) is 2. The van der Waals surface area contributed by atoms with Crippen LogP contribution in [0.15, 0.2) is 29.1 Å². The number of nitrogens with one attached hydrogen (secondary N) is 1. The van der Waals surface area contributed by atoms with Crippen LogP contribution >= 0.6 is 0 Å². The van der Waals surface area contributed by atoms with Crippen molar-refractivity contribution in [3.63, 3.8) is 0 Å². The Morgan fingerprint density at radius 3 is 2.48 bits per heavy atom. The molecule has 0 saturated carbocycles. The first kappa shape index (κ1) is 21.8. The van der Waals surface area contributed by atoms with E-state index in [0.29, 0.717) is 31.9 Å². The fourth-order valence-electron chi connectivity index (χ4n) is 3.93. The summed E-state index contributed by atoms with van der Waals surface area (Å²) in [7, 11) is 0. The summed E-state index contributed by atoms with van der Waals surface area (Å²) in [6, 6.07) is 5.14. The third-order valence-corrected chi connectivity index (χ3v) is 5.52. The molecule has 13 nitrogen and oxygen atoms in total. The van der Waals surface area contributed by atoms with Gasteiger partial charge >= 0.3 is 6.09 Å². The molecule has 0 radical (unpaired) electrons. The molecule has 0 aliphatic carbocycles. The Morgan fingerprint density at radius 1 is 1.15 bits per heavy atom. The van der Waals surface area contributed by atoms with Crippen LogP contribution in [-0.2, 0) is 4.74 Å². The zero-order chi connectivity index (χ0) is 23.9. The molecule has 4 rings (SSSR count). The molecule has 33 heavy (non-hydrogen) atoms. The maximum Gasteiger partial charge on any atom is 0.409 e.